The zero-order valence-corrected chi connectivity index (χ0v) is 13.3. The summed E-state index contributed by atoms with van der Waals surface area (Å²) in [5, 5.41) is 3.22. The minimum absolute atomic E-state index is 0.375. The van der Waals surface area contributed by atoms with Gasteiger partial charge in [-0.2, -0.15) is 0 Å². The van der Waals surface area contributed by atoms with Gasteiger partial charge in [-0.15, -0.1) is 0 Å². The Bertz CT molecular complexity index is 424. The lowest BCUT2D eigenvalue weighted by Crippen LogP contribution is -2.27. The average molecular weight is 276 g/mol. The molecule has 0 aliphatic heterocycles. The molecule has 1 saturated carbocycles. The van der Waals surface area contributed by atoms with E-state index < -0.39 is 0 Å². The van der Waals surface area contributed by atoms with E-state index in [9.17, 15) is 0 Å². The van der Waals surface area contributed by atoms with Crippen LogP contribution in [0.5, 0.6) is 0 Å². The minimum atomic E-state index is 0.375. The highest BCUT2D eigenvalue weighted by Crippen LogP contribution is 2.27. The topological polar surface area (TPSA) is 41.1 Å². The molecule has 1 aromatic heterocycles. The first-order chi connectivity index (χ1) is 9.61. The van der Waals surface area contributed by atoms with E-state index >= 15 is 0 Å². The molecule has 2 rings (SSSR count). The lowest BCUT2D eigenvalue weighted by atomic mass is 10.1. The molecule has 20 heavy (non-hydrogen) atoms. The van der Waals surface area contributed by atoms with Gasteiger partial charge in [0.25, 0.3) is 0 Å². The van der Waals surface area contributed by atoms with Crippen molar-refractivity contribution >= 4 is 5.69 Å². The molecule has 0 aromatic carbocycles. The third-order valence-corrected chi connectivity index (χ3v) is 4.14. The van der Waals surface area contributed by atoms with E-state index in [4.69, 9.17) is 4.98 Å². The summed E-state index contributed by atoms with van der Waals surface area (Å²) >= 11 is 0. The molecular formula is C16H28N4. The zero-order valence-electron chi connectivity index (χ0n) is 13.3. The fourth-order valence-corrected chi connectivity index (χ4v) is 3.00. The van der Waals surface area contributed by atoms with Crippen LogP contribution in [0.15, 0.2) is 6.20 Å². The van der Waals surface area contributed by atoms with Crippen LogP contribution in [-0.4, -0.2) is 30.6 Å². The molecule has 0 unspecified atom stereocenters. The Morgan fingerprint density at radius 3 is 2.65 bits per heavy atom. The zero-order chi connectivity index (χ0) is 14.5. The number of hydrogen-bond acceptors (Lipinski definition) is 4. The molecule has 0 saturated heterocycles. The van der Waals surface area contributed by atoms with Crippen molar-refractivity contribution in [3.05, 3.63) is 17.7 Å². The maximum Gasteiger partial charge on any atom is 0.131 e. The van der Waals surface area contributed by atoms with E-state index in [1.807, 2.05) is 13.2 Å². The van der Waals surface area contributed by atoms with Crippen LogP contribution in [0.2, 0.25) is 0 Å². The Hall–Kier alpha value is -1.16. The number of anilines is 1. The van der Waals surface area contributed by atoms with Gasteiger partial charge in [-0.3, -0.25) is 0 Å². The minimum Gasteiger partial charge on any atom is -0.372 e. The predicted octanol–water partition coefficient (Wildman–Crippen LogP) is 2.95. The highest BCUT2D eigenvalue weighted by Gasteiger charge is 2.19. The molecule has 1 heterocycles. The lowest BCUT2D eigenvalue weighted by molar-refractivity contribution is 0.544. The quantitative estimate of drug-likeness (QED) is 0.867. The second kappa shape index (κ2) is 7.02. The molecule has 1 aliphatic carbocycles. The molecule has 0 amide bonds. The first kappa shape index (κ1) is 15.2. The van der Waals surface area contributed by atoms with Gasteiger partial charge in [0.05, 0.1) is 17.6 Å². The summed E-state index contributed by atoms with van der Waals surface area (Å²) < 4.78 is 0. The molecule has 1 fully saturated rings. The summed E-state index contributed by atoms with van der Waals surface area (Å²) in [5.74, 6) is 2.15. The van der Waals surface area contributed by atoms with Crippen molar-refractivity contribution in [3.63, 3.8) is 0 Å². The van der Waals surface area contributed by atoms with Crippen LogP contribution in [-0.2, 0) is 6.54 Å². The second-order valence-electron chi connectivity index (χ2n) is 6.28. The Kier molecular flexibility index (Phi) is 5.35. The first-order valence-electron chi connectivity index (χ1n) is 7.83. The van der Waals surface area contributed by atoms with Gasteiger partial charge in [-0.05, 0) is 25.8 Å². The number of aromatic nitrogens is 2. The normalized spacial score (nSPS) is 16.1. The smallest absolute Gasteiger partial charge is 0.131 e. The highest BCUT2D eigenvalue weighted by molar-refractivity contribution is 5.48. The van der Waals surface area contributed by atoms with Crippen molar-refractivity contribution in [2.45, 2.75) is 52.0 Å². The molecular weight excluding hydrogens is 248 g/mol. The molecule has 1 aromatic rings. The Morgan fingerprint density at radius 2 is 2.05 bits per heavy atom. The summed E-state index contributed by atoms with van der Waals surface area (Å²) in [6.07, 6.45) is 7.53. The fraction of sp³-hybridized carbons (Fsp3) is 0.750. The number of rotatable bonds is 6. The summed E-state index contributed by atoms with van der Waals surface area (Å²) in [4.78, 5) is 11.6. The fourth-order valence-electron chi connectivity index (χ4n) is 3.00. The standard InChI is InChI=1S/C16H28N4/c1-12(2)16-18-10-15(14(19-16)9-17-3)20(4)11-13-7-5-6-8-13/h10,12-13,17H,5-9,11H2,1-4H3. The number of hydrogen-bond donors (Lipinski definition) is 1. The van der Waals surface area contributed by atoms with Gasteiger partial charge in [0, 0.05) is 26.1 Å². The SMILES string of the molecule is CNCc1nc(C(C)C)ncc1N(C)CC1CCCC1. The van der Waals surface area contributed by atoms with Crippen LogP contribution in [0.4, 0.5) is 5.69 Å². The third-order valence-electron chi connectivity index (χ3n) is 4.14. The van der Waals surface area contributed by atoms with Crippen LogP contribution in [0.1, 0.15) is 57.0 Å². The van der Waals surface area contributed by atoms with Crippen LogP contribution in [0.25, 0.3) is 0 Å². The molecule has 4 nitrogen and oxygen atoms in total. The van der Waals surface area contributed by atoms with Gasteiger partial charge >= 0.3 is 0 Å². The van der Waals surface area contributed by atoms with E-state index in [1.54, 1.807) is 0 Å². The molecule has 0 atom stereocenters. The third kappa shape index (κ3) is 3.69. The van der Waals surface area contributed by atoms with Gasteiger partial charge in [0.1, 0.15) is 5.82 Å². The first-order valence-corrected chi connectivity index (χ1v) is 7.83. The molecule has 4 heteroatoms. The maximum atomic E-state index is 4.74. The summed E-state index contributed by atoms with van der Waals surface area (Å²) in [6.45, 7) is 6.20. The predicted molar refractivity (Wildman–Crippen MR) is 84.1 cm³/mol. The Balaban J connectivity index is 2.15. The average Bonchev–Trinajstić information content (AvgIpc) is 2.91. The molecule has 0 bridgehead atoms. The van der Waals surface area contributed by atoms with Crippen LogP contribution < -0.4 is 10.2 Å². The summed E-state index contributed by atoms with van der Waals surface area (Å²) in [5.41, 5.74) is 2.29. The lowest BCUT2D eigenvalue weighted by Gasteiger charge is -2.25. The highest BCUT2D eigenvalue weighted by atomic mass is 15.1. The number of nitrogens with zero attached hydrogens (tertiary/aromatic N) is 3. The van der Waals surface area contributed by atoms with E-state index in [1.165, 1.54) is 31.4 Å². The van der Waals surface area contributed by atoms with Crippen molar-refractivity contribution in [2.75, 3.05) is 25.5 Å². The van der Waals surface area contributed by atoms with Crippen molar-refractivity contribution in [1.82, 2.24) is 15.3 Å². The van der Waals surface area contributed by atoms with E-state index in [-0.39, 0.29) is 0 Å². The van der Waals surface area contributed by atoms with Gasteiger partial charge in [-0.1, -0.05) is 26.7 Å². The van der Waals surface area contributed by atoms with Crippen molar-refractivity contribution in [1.29, 1.82) is 0 Å². The van der Waals surface area contributed by atoms with Crippen molar-refractivity contribution < 1.29 is 0 Å². The van der Waals surface area contributed by atoms with Crippen molar-refractivity contribution in [3.8, 4) is 0 Å². The van der Waals surface area contributed by atoms with Crippen LogP contribution >= 0.6 is 0 Å². The van der Waals surface area contributed by atoms with E-state index in [0.29, 0.717) is 5.92 Å². The van der Waals surface area contributed by atoms with Gasteiger partial charge < -0.3 is 10.2 Å². The maximum absolute atomic E-state index is 4.74. The molecule has 0 radical (unpaired) electrons. The molecule has 112 valence electrons. The number of nitrogens with one attached hydrogen (secondary N) is 1. The van der Waals surface area contributed by atoms with Crippen LogP contribution in [0.3, 0.4) is 0 Å². The monoisotopic (exact) mass is 276 g/mol. The van der Waals surface area contributed by atoms with Gasteiger partial charge in [0.2, 0.25) is 0 Å². The Morgan fingerprint density at radius 1 is 1.35 bits per heavy atom. The molecule has 1 N–H and O–H groups in total. The van der Waals surface area contributed by atoms with Gasteiger partial charge in [-0.25, -0.2) is 9.97 Å². The summed E-state index contributed by atoms with van der Waals surface area (Å²) in [7, 11) is 4.14. The van der Waals surface area contributed by atoms with Crippen LogP contribution in [0, 0.1) is 5.92 Å². The molecule has 1 aliphatic rings. The second-order valence-corrected chi connectivity index (χ2v) is 6.28. The molecule has 0 spiro atoms. The van der Waals surface area contributed by atoms with Crippen molar-refractivity contribution in [2.24, 2.45) is 5.92 Å². The largest absolute Gasteiger partial charge is 0.372 e. The Labute approximate surface area is 123 Å². The summed E-state index contributed by atoms with van der Waals surface area (Å²) in [6, 6.07) is 0. The van der Waals surface area contributed by atoms with E-state index in [2.05, 4.69) is 36.1 Å². The van der Waals surface area contributed by atoms with E-state index in [0.717, 1.165) is 30.5 Å². The van der Waals surface area contributed by atoms with Gasteiger partial charge in [0.15, 0.2) is 0 Å².